The molecule has 1 spiro atoms. The van der Waals surface area contributed by atoms with Gasteiger partial charge in [0.2, 0.25) is 0 Å². The lowest BCUT2D eigenvalue weighted by molar-refractivity contribution is 0.794. The fourth-order valence-electron chi connectivity index (χ4n) is 10.8. The Morgan fingerprint density at radius 2 is 0.871 bits per heavy atom. The van der Waals surface area contributed by atoms with Crippen LogP contribution in [0.1, 0.15) is 22.3 Å². The van der Waals surface area contributed by atoms with Gasteiger partial charge in [-0.15, -0.1) is 11.3 Å². The van der Waals surface area contributed by atoms with Gasteiger partial charge in [-0.25, -0.2) is 0 Å². The maximum Gasteiger partial charge on any atom is 0.0747 e. The van der Waals surface area contributed by atoms with Crippen LogP contribution in [-0.4, -0.2) is 0 Å². The van der Waals surface area contributed by atoms with Gasteiger partial charge in [-0.3, -0.25) is 0 Å². The molecule has 2 aliphatic carbocycles. The molecule has 0 aliphatic heterocycles. The van der Waals surface area contributed by atoms with Gasteiger partial charge in [0.1, 0.15) is 0 Å². The summed E-state index contributed by atoms with van der Waals surface area (Å²) < 4.78 is 2.57. The summed E-state index contributed by atoms with van der Waals surface area (Å²) in [7, 11) is 0. The molecule has 1 aromatic heterocycles. The van der Waals surface area contributed by atoms with E-state index >= 15 is 0 Å². The molecule has 0 saturated heterocycles. The first-order valence-corrected chi connectivity index (χ1v) is 22.2. The lowest BCUT2D eigenvalue weighted by Crippen LogP contribution is -2.28. The van der Waals surface area contributed by atoms with Crippen molar-refractivity contribution in [3.8, 4) is 22.3 Å². The second-order valence-electron chi connectivity index (χ2n) is 16.4. The second-order valence-corrected chi connectivity index (χ2v) is 17.4. The van der Waals surface area contributed by atoms with Crippen LogP contribution in [0.4, 0.5) is 34.1 Å². The normalized spacial score (nSPS) is 14.5. The number of hydrogen-bond donors (Lipinski definition) is 0. The highest BCUT2D eigenvalue weighted by molar-refractivity contribution is 7.26. The minimum atomic E-state index is -0.645. The number of fused-ring (bicyclic) bond motifs is 14. The van der Waals surface area contributed by atoms with Crippen LogP contribution in [0.25, 0.3) is 53.2 Å². The Kier molecular flexibility index (Phi) is 7.72. The van der Waals surface area contributed by atoms with Crippen LogP contribution in [0.3, 0.4) is 0 Å². The van der Waals surface area contributed by atoms with Crippen molar-refractivity contribution in [3.63, 3.8) is 0 Å². The Labute approximate surface area is 364 Å². The molecule has 0 N–H and O–H groups in total. The number of anilines is 6. The third-order valence-corrected chi connectivity index (χ3v) is 14.4. The maximum absolute atomic E-state index is 2.59. The molecular weight excluding hydrogens is 769 g/mol. The van der Waals surface area contributed by atoms with Crippen molar-refractivity contribution in [2.24, 2.45) is 0 Å². The van der Waals surface area contributed by atoms with E-state index in [1.165, 1.54) is 86.8 Å². The third kappa shape index (κ3) is 4.91. The zero-order chi connectivity index (χ0) is 40.8. The SMILES string of the molecule is c1ccc(N(c2ccccc2)c2ccc3c(c2)C2(c4ccccc4-3)c3ccccc3-c3cc4ccccc4c(N(c4ccccc4)c4cccc5c4sc4ccccc45)c32)cc1. The quantitative estimate of drug-likeness (QED) is 0.165. The van der Waals surface area contributed by atoms with Crippen LogP contribution < -0.4 is 9.80 Å². The zero-order valence-electron chi connectivity index (χ0n) is 33.7. The van der Waals surface area contributed by atoms with Crippen molar-refractivity contribution < 1.29 is 0 Å². The Hall–Kier alpha value is -7.72. The van der Waals surface area contributed by atoms with Crippen molar-refractivity contribution >= 4 is 76.4 Å². The highest BCUT2D eigenvalue weighted by Gasteiger charge is 2.54. The van der Waals surface area contributed by atoms with E-state index in [1.54, 1.807) is 0 Å². The lowest BCUT2D eigenvalue weighted by Gasteiger charge is -2.37. The molecule has 290 valence electrons. The molecule has 2 nitrogen and oxygen atoms in total. The molecule has 0 saturated carbocycles. The molecule has 1 atom stereocenters. The molecule has 1 heterocycles. The number of thiophene rings is 1. The Bertz CT molecular complexity index is 3500. The summed E-state index contributed by atoms with van der Waals surface area (Å²) in [6, 6.07) is 85.4. The van der Waals surface area contributed by atoms with E-state index in [0.717, 1.165) is 22.7 Å². The van der Waals surface area contributed by atoms with Gasteiger partial charge in [-0.2, -0.15) is 0 Å². The van der Waals surface area contributed by atoms with Crippen molar-refractivity contribution in [3.05, 3.63) is 253 Å². The van der Waals surface area contributed by atoms with Gasteiger partial charge < -0.3 is 9.80 Å². The minimum Gasteiger partial charge on any atom is -0.310 e. The number of benzene rings is 10. The molecule has 10 aromatic carbocycles. The molecule has 0 fully saturated rings. The molecule has 13 rings (SSSR count). The number of rotatable bonds is 6. The van der Waals surface area contributed by atoms with Crippen LogP contribution in [0.5, 0.6) is 0 Å². The number of hydrogen-bond acceptors (Lipinski definition) is 3. The van der Waals surface area contributed by atoms with Gasteiger partial charge in [-0.1, -0.05) is 164 Å². The smallest absolute Gasteiger partial charge is 0.0747 e. The first kappa shape index (κ1) is 35.1. The fourth-order valence-corrected chi connectivity index (χ4v) is 12.0. The summed E-state index contributed by atoms with van der Waals surface area (Å²) in [5.74, 6) is 0. The largest absolute Gasteiger partial charge is 0.310 e. The van der Waals surface area contributed by atoms with Crippen LogP contribution in [0.15, 0.2) is 231 Å². The first-order valence-electron chi connectivity index (χ1n) is 21.4. The molecule has 0 bridgehead atoms. The maximum atomic E-state index is 2.59. The molecule has 0 radical (unpaired) electrons. The third-order valence-electron chi connectivity index (χ3n) is 13.2. The van der Waals surface area contributed by atoms with Gasteiger partial charge in [0, 0.05) is 49.2 Å². The van der Waals surface area contributed by atoms with Crippen molar-refractivity contribution in [2.45, 2.75) is 5.41 Å². The van der Waals surface area contributed by atoms with Gasteiger partial charge >= 0.3 is 0 Å². The van der Waals surface area contributed by atoms with Crippen molar-refractivity contribution in [1.82, 2.24) is 0 Å². The lowest BCUT2D eigenvalue weighted by atomic mass is 9.69. The molecule has 2 aliphatic rings. The zero-order valence-corrected chi connectivity index (χ0v) is 34.6. The van der Waals surface area contributed by atoms with Crippen LogP contribution in [-0.2, 0) is 5.41 Å². The van der Waals surface area contributed by atoms with Gasteiger partial charge in [-0.05, 0) is 111 Å². The molecular formula is C59H38N2S. The minimum absolute atomic E-state index is 0.645. The second kappa shape index (κ2) is 13.7. The van der Waals surface area contributed by atoms with Gasteiger partial charge in [0.25, 0.3) is 0 Å². The van der Waals surface area contributed by atoms with E-state index in [0.29, 0.717) is 0 Å². The average Bonchev–Trinajstić information content (AvgIpc) is 3.97. The summed E-state index contributed by atoms with van der Waals surface area (Å²) in [5.41, 5.74) is 16.6. The highest BCUT2D eigenvalue weighted by Crippen LogP contribution is 2.67. The number of para-hydroxylation sites is 3. The first-order chi connectivity index (χ1) is 30.8. The van der Waals surface area contributed by atoms with Crippen molar-refractivity contribution in [2.75, 3.05) is 9.80 Å². The molecule has 0 amide bonds. The predicted octanol–water partition coefficient (Wildman–Crippen LogP) is 16.5. The monoisotopic (exact) mass is 806 g/mol. The van der Waals surface area contributed by atoms with E-state index in [9.17, 15) is 0 Å². The standard InChI is InChI=1S/C59H38N2S/c1-4-20-40(21-5-1)60(41-22-6-2-7-23-41)43-35-36-47-45-27-12-15-31-51(45)59(53(47)38-43)52-32-16-13-28-46(52)50-37-39-19-10-11-26-44(39)57(56(50)59)61(42-24-8-3-9-25-42)54-33-18-30-49-48-29-14-17-34-55(48)62-58(49)54/h1-38H. The summed E-state index contributed by atoms with van der Waals surface area (Å²) in [5, 5.41) is 5.01. The highest BCUT2D eigenvalue weighted by atomic mass is 32.1. The summed E-state index contributed by atoms with van der Waals surface area (Å²) >= 11 is 1.89. The molecule has 11 aromatic rings. The fraction of sp³-hybridized carbons (Fsp3) is 0.0169. The number of nitrogens with zero attached hydrogens (tertiary/aromatic N) is 2. The van der Waals surface area contributed by atoms with Gasteiger partial charge in [0.15, 0.2) is 0 Å². The molecule has 1 unspecified atom stereocenters. The van der Waals surface area contributed by atoms with E-state index < -0.39 is 5.41 Å². The van der Waals surface area contributed by atoms with Crippen LogP contribution in [0, 0.1) is 0 Å². The Morgan fingerprint density at radius 1 is 0.339 bits per heavy atom. The average molecular weight is 807 g/mol. The summed E-state index contributed by atoms with van der Waals surface area (Å²) in [6.07, 6.45) is 0. The van der Waals surface area contributed by atoms with Gasteiger partial charge in [0.05, 0.1) is 21.5 Å². The van der Waals surface area contributed by atoms with Crippen LogP contribution in [0.2, 0.25) is 0 Å². The summed E-state index contributed by atoms with van der Waals surface area (Å²) in [4.78, 5) is 5.00. The van der Waals surface area contributed by atoms with E-state index in [1.807, 2.05) is 11.3 Å². The Balaban J connectivity index is 1.19. The van der Waals surface area contributed by atoms with E-state index in [-0.39, 0.29) is 0 Å². The molecule has 62 heavy (non-hydrogen) atoms. The Morgan fingerprint density at radius 3 is 1.56 bits per heavy atom. The topological polar surface area (TPSA) is 6.48 Å². The van der Waals surface area contributed by atoms with Crippen molar-refractivity contribution in [1.29, 1.82) is 0 Å². The van der Waals surface area contributed by atoms with E-state index in [2.05, 4.69) is 240 Å². The molecule has 3 heteroatoms. The van der Waals surface area contributed by atoms with E-state index in [4.69, 9.17) is 0 Å². The predicted molar refractivity (Wildman–Crippen MR) is 263 cm³/mol. The van der Waals surface area contributed by atoms with Crippen LogP contribution >= 0.6 is 11.3 Å². The summed E-state index contributed by atoms with van der Waals surface area (Å²) in [6.45, 7) is 0.